The van der Waals surface area contributed by atoms with Gasteiger partial charge in [-0.05, 0) is 45.0 Å². The molecule has 3 aromatic rings. The van der Waals surface area contributed by atoms with Crippen molar-refractivity contribution < 1.29 is 19.1 Å². The predicted octanol–water partition coefficient (Wildman–Crippen LogP) is 4.55. The van der Waals surface area contributed by atoms with Crippen LogP contribution >= 0.6 is 0 Å². The fourth-order valence-electron chi connectivity index (χ4n) is 4.31. The van der Waals surface area contributed by atoms with Crippen LogP contribution in [-0.2, 0) is 11.3 Å². The molecule has 4 rings (SSSR count). The second kappa shape index (κ2) is 11.1. The first-order valence-corrected chi connectivity index (χ1v) is 12.0. The Morgan fingerprint density at radius 1 is 0.914 bits per heavy atom. The molecule has 0 unspecified atom stereocenters. The van der Waals surface area contributed by atoms with Gasteiger partial charge in [0.2, 0.25) is 5.91 Å². The minimum Gasteiger partial charge on any atom is -0.492 e. The molecule has 2 amide bonds. The van der Waals surface area contributed by atoms with E-state index in [0.29, 0.717) is 41.7 Å². The average molecular weight is 477 g/mol. The van der Waals surface area contributed by atoms with E-state index in [0.717, 1.165) is 13.1 Å². The molecule has 8 heteroatoms. The Hall–Kier alpha value is -3.78. The average Bonchev–Trinajstić information content (AvgIpc) is 3.34. The van der Waals surface area contributed by atoms with E-state index in [4.69, 9.17) is 9.47 Å². The van der Waals surface area contributed by atoms with Gasteiger partial charge in [-0.2, -0.15) is 0 Å². The van der Waals surface area contributed by atoms with E-state index in [1.54, 1.807) is 24.3 Å². The number of hydrogen-bond donors (Lipinski definition) is 2. The van der Waals surface area contributed by atoms with Gasteiger partial charge >= 0.3 is 0 Å². The summed E-state index contributed by atoms with van der Waals surface area (Å²) in [6.07, 6.45) is 2.07. The lowest BCUT2D eigenvalue weighted by molar-refractivity contribution is -0.118. The second-order valence-corrected chi connectivity index (χ2v) is 8.35. The van der Waals surface area contributed by atoms with Crippen LogP contribution in [-0.4, -0.2) is 47.6 Å². The minimum atomic E-state index is -0.255. The lowest BCUT2D eigenvalue weighted by Crippen LogP contribution is -2.41. The Bertz CT molecular complexity index is 1180. The van der Waals surface area contributed by atoms with Crippen LogP contribution in [0.25, 0.3) is 0 Å². The Labute approximate surface area is 205 Å². The Morgan fingerprint density at radius 3 is 2.23 bits per heavy atom. The lowest BCUT2D eigenvalue weighted by atomic mass is 10.1. The SMILES string of the molecule is CCOc1cc(NC(=O)c2ccccc2)c(OCC)cc1NC(=O)CN1CCn2cccc2[C@@H]1C. The van der Waals surface area contributed by atoms with Crippen LogP contribution in [0, 0.1) is 0 Å². The molecule has 1 atom stereocenters. The van der Waals surface area contributed by atoms with Crippen molar-refractivity contribution in [3.8, 4) is 11.5 Å². The standard InChI is InChI=1S/C27H32N4O4/c1-4-34-24-17-22(29-27(33)20-10-7-6-8-11-20)25(35-5-2)16-21(24)28-26(32)18-31-15-14-30-13-9-12-23(30)19(31)3/h6-13,16-17,19H,4-5,14-15,18H2,1-3H3,(H,28,32)(H,29,33)/t19-/m0/s1. The zero-order chi connectivity index (χ0) is 24.8. The van der Waals surface area contributed by atoms with Gasteiger partial charge in [-0.25, -0.2) is 0 Å². The first kappa shape index (κ1) is 24.3. The van der Waals surface area contributed by atoms with E-state index < -0.39 is 0 Å². The molecule has 35 heavy (non-hydrogen) atoms. The number of benzene rings is 2. The molecule has 2 aromatic carbocycles. The highest BCUT2D eigenvalue weighted by atomic mass is 16.5. The van der Waals surface area contributed by atoms with Gasteiger partial charge < -0.3 is 24.7 Å². The van der Waals surface area contributed by atoms with Gasteiger partial charge in [-0.3, -0.25) is 14.5 Å². The Kier molecular flexibility index (Phi) is 7.72. The predicted molar refractivity (Wildman–Crippen MR) is 136 cm³/mol. The molecular formula is C27H32N4O4. The van der Waals surface area contributed by atoms with Crippen LogP contribution in [0.2, 0.25) is 0 Å². The molecule has 2 heterocycles. The van der Waals surface area contributed by atoms with Gasteiger partial charge in [-0.1, -0.05) is 18.2 Å². The van der Waals surface area contributed by atoms with Crippen molar-refractivity contribution in [2.24, 2.45) is 0 Å². The summed E-state index contributed by atoms with van der Waals surface area (Å²) in [4.78, 5) is 27.9. The monoisotopic (exact) mass is 476 g/mol. The van der Waals surface area contributed by atoms with E-state index in [9.17, 15) is 9.59 Å². The van der Waals surface area contributed by atoms with Gasteiger partial charge in [0, 0.05) is 48.7 Å². The maximum Gasteiger partial charge on any atom is 0.255 e. The summed E-state index contributed by atoms with van der Waals surface area (Å²) in [7, 11) is 0. The Morgan fingerprint density at radius 2 is 1.57 bits per heavy atom. The highest BCUT2D eigenvalue weighted by Crippen LogP contribution is 2.37. The van der Waals surface area contributed by atoms with Crippen molar-refractivity contribution in [3.63, 3.8) is 0 Å². The van der Waals surface area contributed by atoms with Crippen LogP contribution in [0.3, 0.4) is 0 Å². The topological polar surface area (TPSA) is 84.8 Å². The van der Waals surface area contributed by atoms with Crippen molar-refractivity contribution in [1.29, 1.82) is 0 Å². The molecule has 2 N–H and O–H groups in total. The fraction of sp³-hybridized carbons (Fsp3) is 0.333. The highest BCUT2D eigenvalue weighted by Gasteiger charge is 2.25. The van der Waals surface area contributed by atoms with Crippen molar-refractivity contribution in [1.82, 2.24) is 9.47 Å². The number of nitrogens with one attached hydrogen (secondary N) is 2. The number of rotatable bonds is 9. The zero-order valence-electron chi connectivity index (χ0n) is 20.4. The van der Waals surface area contributed by atoms with Crippen LogP contribution in [0.5, 0.6) is 11.5 Å². The molecule has 0 bridgehead atoms. The summed E-state index contributed by atoms with van der Waals surface area (Å²) in [5, 5.41) is 5.89. The molecule has 0 saturated carbocycles. The van der Waals surface area contributed by atoms with Crippen LogP contribution in [0.15, 0.2) is 60.8 Å². The van der Waals surface area contributed by atoms with E-state index in [1.807, 2.05) is 38.1 Å². The van der Waals surface area contributed by atoms with Gasteiger partial charge in [0.25, 0.3) is 5.91 Å². The zero-order valence-corrected chi connectivity index (χ0v) is 20.4. The van der Waals surface area contributed by atoms with E-state index in [1.165, 1.54) is 5.69 Å². The molecule has 8 nitrogen and oxygen atoms in total. The van der Waals surface area contributed by atoms with Gasteiger partial charge in [0.05, 0.1) is 31.1 Å². The number of fused-ring (bicyclic) bond motifs is 1. The van der Waals surface area contributed by atoms with Gasteiger partial charge in [-0.15, -0.1) is 0 Å². The number of carbonyl (C=O) groups excluding carboxylic acids is 2. The molecule has 1 aromatic heterocycles. The van der Waals surface area contributed by atoms with Gasteiger partial charge in [0.15, 0.2) is 0 Å². The maximum atomic E-state index is 13.0. The molecular weight excluding hydrogens is 444 g/mol. The summed E-state index contributed by atoms with van der Waals surface area (Å²) in [5.41, 5.74) is 2.72. The van der Waals surface area contributed by atoms with Crippen molar-refractivity contribution in [2.75, 3.05) is 36.9 Å². The normalized spacial score (nSPS) is 15.2. The third-order valence-corrected chi connectivity index (χ3v) is 6.05. The van der Waals surface area contributed by atoms with Crippen LogP contribution < -0.4 is 20.1 Å². The molecule has 0 aliphatic carbocycles. The molecule has 0 radical (unpaired) electrons. The number of amides is 2. The number of anilines is 2. The van der Waals surface area contributed by atoms with Gasteiger partial charge in [0.1, 0.15) is 11.5 Å². The largest absolute Gasteiger partial charge is 0.492 e. The van der Waals surface area contributed by atoms with Crippen molar-refractivity contribution in [2.45, 2.75) is 33.4 Å². The molecule has 0 saturated heterocycles. The van der Waals surface area contributed by atoms with Crippen molar-refractivity contribution >= 4 is 23.2 Å². The van der Waals surface area contributed by atoms with E-state index in [2.05, 4.69) is 39.3 Å². The van der Waals surface area contributed by atoms with E-state index in [-0.39, 0.29) is 24.4 Å². The first-order valence-electron chi connectivity index (χ1n) is 12.0. The number of hydrogen-bond acceptors (Lipinski definition) is 5. The molecule has 1 aliphatic heterocycles. The molecule has 0 fully saturated rings. The number of nitrogens with zero attached hydrogens (tertiary/aromatic N) is 2. The number of ether oxygens (including phenoxy) is 2. The minimum absolute atomic E-state index is 0.138. The third kappa shape index (κ3) is 5.66. The molecule has 1 aliphatic rings. The smallest absolute Gasteiger partial charge is 0.255 e. The van der Waals surface area contributed by atoms with Crippen molar-refractivity contribution in [3.05, 3.63) is 72.1 Å². The summed E-state index contributed by atoms with van der Waals surface area (Å²) in [6, 6.07) is 16.6. The summed E-state index contributed by atoms with van der Waals surface area (Å²) >= 11 is 0. The van der Waals surface area contributed by atoms with Crippen LogP contribution in [0.4, 0.5) is 11.4 Å². The third-order valence-electron chi connectivity index (χ3n) is 6.05. The highest BCUT2D eigenvalue weighted by molar-refractivity contribution is 6.05. The maximum absolute atomic E-state index is 13.0. The first-order chi connectivity index (χ1) is 17.0. The second-order valence-electron chi connectivity index (χ2n) is 8.35. The number of aromatic nitrogens is 1. The molecule has 0 spiro atoms. The number of carbonyl (C=O) groups is 2. The lowest BCUT2D eigenvalue weighted by Gasteiger charge is -2.34. The molecule has 184 valence electrons. The fourth-order valence-corrected chi connectivity index (χ4v) is 4.31. The van der Waals surface area contributed by atoms with Crippen LogP contribution in [0.1, 0.15) is 42.9 Å². The Balaban J connectivity index is 1.53. The quantitative estimate of drug-likeness (QED) is 0.473. The van der Waals surface area contributed by atoms with E-state index >= 15 is 0 Å². The summed E-state index contributed by atoms with van der Waals surface area (Å²) in [6.45, 7) is 8.57. The summed E-state index contributed by atoms with van der Waals surface area (Å²) < 4.78 is 13.8. The summed E-state index contributed by atoms with van der Waals surface area (Å²) in [5.74, 6) is 0.531.